The molecule has 0 aliphatic rings. The van der Waals surface area contributed by atoms with Gasteiger partial charge in [0.15, 0.2) is 5.76 Å². The third kappa shape index (κ3) is 9.73. The molecule has 0 aliphatic heterocycles. The zero-order chi connectivity index (χ0) is 20.6. The molecule has 0 unspecified atom stereocenters. The van der Waals surface area contributed by atoms with E-state index < -0.39 is 0 Å². The molecule has 0 N–H and O–H groups in total. The Morgan fingerprint density at radius 2 is 1.55 bits per heavy atom. The van der Waals surface area contributed by atoms with Gasteiger partial charge in [0.1, 0.15) is 0 Å². The van der Waals surface area contributed by atoms with E-state index in [1.807, 2.05) is 0 Å². The molecule has 0 saturated carbocycles. The molecule has 0 amide bonds. The minimum Gasteiger partial charge on any atom is -0.459 e. The summed E-state index contributed by atoms with van der Waals surface area (Å²) in [5.41, 5.74) is 0. The van der Waals surface area contributed by atoms with Crippen molar-refractivity contribution in [2.45, 2.75) is 96.8 Å². The Bertz CT molecular complexity index is 689. The van der Waals surface area contributed by atoms with E-state index in [9.17, 15) is 4.79 Å². The number of unbranched alkanes of at least 4 members (excludes halogenated alkanes) is 11. The number of rotatable bonds is 17. The number of hydrogen-bond donors (Lipinski definition) is 0. The molecule has 2 heterocycles. The van der Waals surface area contributed by atoms with Gasteiger partial charge in [-0.3, -0.25) is 4.79 Å². The molecule has 160 valence electrons. The lowest BCUT2D eigenvalue weighted by Gasteiger charge is -1.99. The number of furan rings is 1. The Balaban J connectivity index is 1.42. The maximum absolute atomic E-state index is 12.1. The number of nitrogens with zero attached hydrogens (tertiary/aromatic N) is 2. The molecule has 0 radical (unpaired) electrons. The number of hydrogen-bond acceptors (Lipinski definition) is 5. The summed E-state index contributed by atoms with van der Waals surface area (Å²) in [5.74, 6) is 0.723. The number of aromatic nitrogens is 2. The van der Waals surface area contributed by atoms with Crippen LogP contribution in [-0.4, -0.2) is 16.0 Å². The van der Waals surface area contributed by atoms with Gasteiger partial charge < -0.3 is 8.83 Å². The van der Waals surface area contributed by atoms with Crippen LogP contribution in [-0.2, 0) is 0 Å². The number of allylic oxidation sites excluding steroid dienone is 2. The summed E-state index contributed by atoms with van der Waals surface area (Å²) in [6.07, 6.45) is 22.8. The first-order valence-corrected chi connectivity index (χ1v) is 11.4. The molecule has 2 aromatic heterocycles. The van der Waals surface area contributed by atoms with Crippen molar-refractivity contribution in [3.63, 3.8) is 0 Å². The summed E-state index contributed by atoms with van der Waals surface area (Å²) in [6.45, 7) is 2.26. The lowest BCUT2D eigenvalue weighted by atomic mass is 10.1. The van der Waals surface area contributed by atoms with Crippen LogP contribution in [0.2, 0.25) is 0 Å². The third-order valence-corrected chi connectivity index (χ3v) is 5.06. The quantitative estimate of drug-likeness (QED) is 0.156. The second-order valence-corrected chi connectivity index (χ2v) is 7.65. The van der Waals surface area contributed by atoms with Gasteiger partial charge in [0, 0.05) is 6.42 Å². The van der Waals surface area contributed by atoms with Crippen LogP contribution in [0.4, 0.5) is 0 Å². The van der Waals surface area contributed by atoms with Gasteiger partial charge in [0.2, 0.25) is 5.78 Å². The topological polar surface area (TPSA) is 69.1 Å². The van der Waals surface area contributed by atoms with Crippen LogP contribution in [0.3, 0.4) is 0 Å². The summed E-state index contributed by atoms with van der Waals surface area (Å²) < 4.78 is 10.6. The molecule has 2 rings (SSSR count). The lowest BCUT2D eigenvalue weighted by Crippen LogP contribution is -1.99. The first kappa shape index (κ1) is 23.1. The molecular weight excluding hydrogens is 364 g/mol. The van der Waals surface area contributed by atoms with Crippen LogP contribution in [0.15, 0.2) is 39.4 Å². The summed E-state index contributed by atoms with van der Waals surface area (Å²) in [5, 5.41) is 7.69. The molecule has 5 heteroatoms. The largest absolute Gasteiger partial charge is 0.459 e. The van der Waals surface area contributed by atoms with Crippen LogP contribution in [0, 0.1) is 0 Å². The average molecular weight is 401 g/mol. The minimum atomic E-state index is -0.0899. The van der Waals surface area contributed by atoms with Gasteiger partial charge >= 0.3 is 0 Å². The highest BCUT2D eigenvalue weighted by atomic mass is 16.4. The van der Waals surface area contributed by atoms with E-state index in [1.54, 1.807) is 12.1 Å². The van der Waals surface area contributed by atoms with Crippen molar-refractivity contribution >= 4 is 5.78 Å². The molecule has 0 bridgehead atoms. The Morgan fingerprint density at radius 3 is 2.21 bits per heavy atom. The second kappa shape index (κ2) is 14.8. The zero-order valence-corrected chi connectivity index (χ0v) is 17.9. The Labute approximate surface area is 175 Å². The maximum atomic E-state index is 12.1. The van der Waals surface area contributed by atoms with Crippen molar-refractivity contribution in [2.75, 3.05) is 0 Å². The summed E-state index contributed by atoms with van der Waals surface area (Å²) >= 11 is 0. The van der Waals surface area contributed by atoms with Crippen molar-refractivity contribution in [2.24, 2.45) is 0 Å². The monoisotopic (exact) mass is 400 g/mol. The number of carbonyl (C=O) groups is 1. The third-order valence-electron chi connectivity index (χ3n) is 5.06. The van der Waals surface area contributed by atoms with Crippen molar-refractivity contribution in [3.8, 4) is 11.7 Å². The predicted molar refractivity (Wildman–Crippen MR) is 116 cm³/mol. The molecule has 0 aromatic carbocycles. The number of carbonyl (C=O) groups excluding carboxylic acids is 1. The van der Waals surface area contributed by atoms with E-state index in [4.69, 9.17) is 8.83 Å². The van der Waals surface area contributed by atoms with Crippen LogP contribution in [0.5, 0.6) is 0 Å². The zero-order valence-electron chi connectivity index (χ0n) is 17.9. The van der Waals surface area contributed by atoms with E-state index in [1.165, 1.54) is 76.9 Å². The average Bonchev–Trinajstić information content (AvgIpc) is 3.42. The molecule has 0 saturated heterocycles. The molecule has 29 heavy (non-hydrogen) atoms. The second-order valence-electron chi connectivity index (χ2n) is 7.65. The Morgan fingerprint density at radius 1 is 0.897 bits per heavy atom. The first-order valence-electron chi connectivity index (χ1n) is 11.4. The lowest BCUT2D eigenvalue weighted by molar-refractivity contribution is 0.0946. The fourth-order valence-corrected chi connectivity index (χ4v) is 3.30. The van der Waals surface area contributed by atoms with Crippen LogP contribution in [0.25, 0.3) is 11.7 Å². The van der Waals surface area contributed by atoms with Gasteiger partial charge in [-0.05, 0) is 44.2 Å². The van der Waals surface area contributed by atoms with Crippen molar-refractivity contribution < 1.29 is 13.6 Å². The van der Waals surface area contributed by atoms with Crippen molar-refractivity contribution in [1.29, 1.82) is 0 Å². The highest BCUT2D eigenvalue weighted by Gasteiger charge is 2.16. The standard InChI is InChI=1S/C24H36N2O3/c1-2-3-4-5-6-7-8-9-10-11-12-13-14-15-16-18-21(27)23-25-26-24(29-23)22-19-17-20-28-22/h9-10,17,19-20H,2-8,11-16,18H2,1H3/b10-9-. The minimum absolute atomic E-state index is 0.0758. The van der Waals surface area contributed by atoms with E-state index in [-0.39, 0.29) is 17.6 Å². The van der Waals surface area contributed by atoms with Gasteiger partial charge in [-0.1, -0.05) is 70.4 Å². The van der Waals surface area contributed by atoms with E-state index >= 15 is 0 Å². The molecular formula is C24H36N2O3. The normalized spacial score (nSPS) is 11.5. The van der Waals surface area contributed by atoms with Gasteiger partial charge in [-0.2, -0.15) is 0 Å². The molecule has 0 spiro atoms. The van der Waals surface area contributed by atoms with Crippen LogP contribution in [0.1, 0.15) is 108 Å². The number of Topliss-reactive ketones (excluding diaryl/α,β-unsaturated/α-hetero) is 1. The fraction of sp³-hybridized carbons (Fsp3) is 0.625. The molecule has 0 aliphatic carbocycles. The van der Waals surface area contributed by atoms with Crippen LogP contribution < -0.4 is 0 Å². The van der Waals surface area contributed by atoms with Gasteiger partial charge in [-0.15, -0.1) is 10.2 Å². The van der Waals surface area contributed by atoms with Crippen molar-refractivity contribution in [3.05, 3.63) is 36.4 Å². The van der Waals surface area contributed by atoms with Gasteiger partial charge in [0.05, 0.1) is 6.26 Å². The van der Waals surface area contributed by atoms with Crippen LogP contribution >= 0.6 is 0 Å². The fourth-order valence-electron chi connectivity index (χ4n) is 3.30. The summed E-state index contributed by atoms with van der Waals surface area (Å²) in [6, 6.07) is 3.47. The highest BCUT2D eigenvalue weighted by molar-refractivity contribution is 5.91. The van der Waals surface area contributed by atoms with Gasteiger partial charge in [-0.25, -0.2) is 0 Å². The predicted octanol–water partition coefficient (Wildman–Crippen LogP) is 7.55. The van der Waals surface area contributed by atoms with E-state index in [2.05, 4.69) is 29.3 Å². The summed E-state index contributed by atoms with van der Waals surface area (Å²) in [7, 11) is 0. The molecule has 0 fully saturated rings. The molecule has 0 atom stereocenters. The van der Waals surface area contributed by atoms with E-state index in [0.29, 0.717) is 12.2 Å². The number of ketones is 1. The Hall–Kier alpha value is -2.17. The molecule has 5 nitrogen and oxygen atoms in total. The van der Waals surface area contributed by atoms with E-state index in [0.717, 1.165) is 12.8 Å². The SMILES string of the molecule is CCCCCCCC/C=C\CCCCCCCC(=O)c1nnc(-c2ccco2)o1. The maximum Gasteiger partial charge on any atom is 0.284 e. The molecule has 2 aromatic rings. The van der Waals surface area contributed by atoms with Crippen molar-refractivity contribution in [1.82, 2.24) is 10.2 Å². The summed E-state index contributed by atoms with van der Waals surface area (Å²) in [4.78, 5) is 12.1. The Kier molecular flexibility index (Phi) is 11.8. The smallest absolute Gasteiger partial charge is 0.284 e. The first-order chi connectivity index (χ1) is 14.3. The van der Waals surface area contributed by atoms with Gasteiger partial charge in [0.25, 0.3) is 11.8 Å². The highest BCUT2D eigenvalue weighted by Crippen LogP contribution is 2.19.